The summed E-state index contributed by atoms with van der Waals surface area (Å²) in [5, 5.41) is 10.3. The lowest BCUT2D eigenvalue weighted by atomic mass is 10.0. The number of anilines is 1. The molecule has 3 aromatic carbocycles. The Hall–Kier alpha value is -5.19. The van der Waals surface area contributed by atoms with E-state index < -0.39 is 34.0 Å². The number of rotatable bonds is 18. The van der Waals surface area contributed by atoms with Gasteiger partial charge in [0.05, 0.1) is 38.0 Å². The van der Waals surface area contributed by atoms with Crippen molar-refractivity contribution in [1.29, 1.82) is 0 Å². The maximum Gasteiger partial charge on any atom is 0.261 e. The van der Waals surface area contributed by atoms with E-state index in [0.29, 0.717) is 53.3 Å². The van der Waals surface area contributed by atoms with Gasteiger partial charge in [-0.2, -0.15) is 8.42 Å². The van der Waals surface area contributed by atoms with E-state index in [9.17, 15) is 22.8 Å². The number of carbonyl (C=O) groups excluding carboxylic acids is 3. The van der Waals surface area contributed by atoms with Gasteiger partial charge in [-0.3, -0.25) is 18.9 Å². The second-order valence-electron chi connectivity index (χ2n) is 14.1. The number of nitrogens with zero attached hydrogens (tertiary/aromatic N) is 2. The van der Waals surface area contributed by atoms with E-state index in [1.165, 1.54) is 0 Å². The Kier molecular flexibility index (Phi) is 17.1. The molecule has 0 aliphatic carbocycles. The van der Waals surface area contributed by atoms with Crippen molar-refractivity contribution in [2.24, 2.45) is 11.7 Å². The molecule has 0 fully saturated rings. The predicted molar refractivity (Wildman–Crippen MR) is 215 cm³/mol. The molecule has 3 amide bonds. The Morgan fingerprint density at radius 2 is 1.50 bits per heavy atom. The molecule has 0 radical (unpaired) electrons. The summed E-state index contributed by atoms with van der Waals surface area (Å²) >= 11 is 0. The van der Waals surface area contributed by atoms with Crippen LogP contribution in [0.15, 0.2) is 71.3 Å². The molecule has 0 aliphatic rings. The number of fused-ring (bicyclic) bond motifs is 1. The van der Waals surface area contributed by atoms with Crippen LogP contribution in [0.2, 0.25) is 0 Å². The summed E-state index contributed by atoms with van der Waals surface area (Å²) in [5.74, 6) is 0.930. The van der Waals surface area contributed by atoms with E-state index in [1.54, 1.807) is 43.5 Å². The molecule has 4 rings (SSSR count). The first-order chi connectivity index (χ1) is 26.4. The number of aromatic nitrogens is 1. The zero-order chi connectivity index (χ0) is 41.6. The Bertz CT molecular complexity index is 1980. The molecular weight excluding hydrogens is 743 g/mol. The molecule has 0 bridgehead atoms. The molecule has 1 heterocycles. The van der Waals surface area contributed by atoms with Gasteiger partial charge in [-0.1, -0.05) is 49.3 Å². The molecule has 1 aromatic heterocycles. The molecule has 15 nitrogen and oxygen atoms in total. The number of nitrogens with one attached hydrogen (secondary N) is 2. The van der Waals surface area contributed by atoms with Crippen LogP contribution in [-0.2, 0) is 26.1 Å². The Balaban J connectivity index is 0.00000158. The first kappa shape index (κ1) is 45.2. The molecule has 0 unspecified atom stereocenters. The van der Waals surface area contributed by atoms with Crippen LogP contribution in [0.3, 0.4) is 0 Å². The van der Waals surface area contributed by atoms with Gasteiger partial charge < -0.3 is 40.0 Å². The number of nitrogens with two attached hydrogens (primary N) is 1. The van der Waals surface area contributed by atoms with Crippen LogP contribution in [0.4, 0.5) is 5.82 Å². The van der Waals surface area contributed by atoms with Gasteiger partial charge in [-0.15, -0.1) is 0 Å². The zero-order valence-corrected chi connectivity index (χ0v) is 34.1. The van der Waals surface area contributed by atoms with Crippen LogP contribution >= 0.6 is 0 Å². The van der Waals surface area contributed by atoms with Gasteiger partial charge in [-0.05, 0) is 82.3 Å². The fourth-order valence-electron chi connectivity index (χ4n) is 5.64. The highest BCUT2D eigenvalue weighted by molar-refractivity contribution is 7.85. The predicted octanol–water partition coefficient (Wildman–Crippen LogP) is 5.49. The van der Waals surface area contributed by atoms with Crippen molar-refractivity contribution in [2.45, 2.75) is 85.0 Å². The van der Waals surface area contributed by atoms with Crippen LogP contribution in [-0.4, -0.2) is 91.5 Å². The smallest absolute Gasteiger partial charge is 0.261 e. The molecule has 16 heteroatoms. The number of benzene rings is 3. The van der Waals surface area contributed by atoms with E-state index in [2.05, 4.69) is 15.8 Å². The fraction of sp³-hybridized carbons (Fsp3) is 0.450. The minimum Gasteiger partial charge on any atom is -0.493 e. The summed E-state index contributed by atoms with van der Waals surface area (Å²) < 4.78 is 48.8. The molecule has 4 aromatic rings. The maximum atomic E-state index is 13.4. The first-order valence-corrected chi connectivity index (χ1v) is 20.2. The van der Waals surface area contributed by atoms with E-state index in [0.717, 1.165) is 18.4 Å². The SMILES string of the molecule is COc1cc(C(=O)N(C(C)C)C(C)C)ccc1OCCCCOc1ccc2c(NC(=O)[C@H](Cc3ccccc3)NC(=O)[C@@H](N)C(C)C)noc2c1.CS(=O)(=O)O. The normalized spacial score (nSPS) is 12.4. The number of unbranched alkanes of at least 4 members (excludes halogenated alkanes) is 1. The third kappa shape index (κ3) is 14.1. The number of hydrogen-bond donors (Lipinski definition) is 4. The summed E-state index contributed by atoms with van der Waals surface area (Å²) in [6.07, 6.45) is 2.44. The van der Waals surface area contributed by atoms with Gasteiger partial charge in [0.1, 0.15) is 11.8 Å². The van der Waals surface area contributed by atoms with E-state index in [4.69, 9.17) is 29.0 Å². The summed E-state index contributed by atoms with van der Waals surface area (Å²) in [6.45, 7) is 12.6. The highest BCUT2D eigenvalue weighted by Gasteiger charge is 2.27. The third-order valence-corrected chi connectivity index (χ3v) is 8.44. The lowest BCUT2D eigenvalue weighted by Crippen LogP contribution is -2.52. The molecule has 0 spiro atoms. The van der Waals surface area contributed by atoms with Gasteiger partial charge in [0.25, 0.3) is 16.0 Å². The largest absolute Gasteiger partial charge is 0.493 e. The highest BCUT2D eigenvalue weighted by atomic mass is 32.2. The van der Waals surface area contributed by atoms with Crippen LogP contribution in [0.5, 0.6) is 17.2 Å². The van der Waals surface area contributed by atoms with Crippen LogP contribution in [0.1, 0.15) is 70.3 Å². The number of amides is 3. The number of ether oxygens (including phenoxy) is 3. The van der Waals surface area contributed by atoms with Crippen molar-refractivity contribution in [3.63, 3.8) is 0 Å². The summed E-state index contributed by atoms with van der Waals surface area (Å²) in [6, 6.07) is 18.5. The first-order valence-electron chi connectivity index (χ1n) is 18.4. The monoisotopic (exact) mass is 797 g/mol. The zero-order valence-electron chi connectivity index (χ0n) is 33.3. The van der Waals surface area contributed by atoms with Crippen molar-refractivity contribution in [3.8, 4) is 17.2 Å². The van der Waals surface area contributed by atoms with Crippen molar-refractivity contribution in [3.05, 3.63) is 77.9 Å². The molecule has 2 atom stereocenters. The van der Waals surface area contributed by atoms with E-state index in [-0.39, 0.29) is 36.1 Å². The quantitative estimate of drug-likeness (QED) is 0.0728. The maximum absolute atomic E-state index is 13.4. The van der Waals surface area contributed by atoms with Crippen molar-refractivity contribution in [2.75, 3.05) is 31.9 Å². The molecule has 0 aliphatic heterocycles. The lowest BCUT2D eigenvalue weighted by Gasteiger charge is -2.31. The number of carbonyl (C=O) groups is 3. The van der Waals surface area contributed by atoms with Crippen LogP contribution < -0.4 is 30.6 Å². The minimum atomic E-state index is -3.67. The minimum absolute atomic E-state index is 0.0490. The topological polar surface area (TPSA) is 213 Å². The van der Waals surface area contributed by atoms with Crippen molar-refractivity contribution < 1.29 is 46.1 Å². The Morgan fingerprint density at radius 3 is 2.09 bits per heavy atom. The van der Waals surface area contributed by atoms with Gasteiger partial charge >= 0.3 is 0 Å². The molecule has 0 saturated carbocycles. The van der Waals surface area contributed by atoms with Gasteiger partial charge in [0, 0.05) is 30.1 Å². The molecular formula is C40H55N5O10S. The van der Waals surface area contributed by atoms with Crippen molar-refractivity contribution in [1.82, 2.24) is 15.4 Å². The van der Waals surface area contributed by atoms with Gasteiger partial charge in [-0.25, -0.2) is 0 Å². The lowest BCUT2D eigenvalue weighted by molar-refractivity contribution is -0.128. The molecule has 5 N–H and O–H groups in total. The van der Waals surface area contributed by atoms with Crippen LogP contribution in [0, 0.1) is 5.92 Å². The second kappa shape index (κ2) is 21.2. The number of hydrogen-bond acceptors (Lipinski definition) is 11. The molecule has 56 heavy (non-hydrogen) atoms. The van der Waals surface area contributed by atoms with Gasteiger partial charge in [0.2, 0.25) is 11.8 Å². The molecule has 306 valence electrons. The van der Waals surface area contributed by atoms with E-state index >= 15 is 0 Å². The average molecular weight is 798 g/mol. The summed E-state index contributed by atoms with van der Waals surface area (Å²) in [5.41, 5.74) is 7.93. The van der Waals surface area contributed by atoms with E-state index in [1.807, 2.05) is 76.8 Å². The Labute approximate surface area is 329 Å². The molecule has 0 saturated heterocycles. The third-order valence-electron chi connectivity index (χ3n) is 8.44. The van der Waals surface area contributed by atoms with Crippen LogP contribution in [0.25, 0.3) is 11.0 Å². The highest BCUT2D eigenvalue weighted by Crippen LogP contribution is 2.30. The van der Waals surface area contributed by atoms with Crippen molar-refractivity contribution >= 4 is 44.6 Å². The number of methoxy groups -OCH3 is 1. The summed E-state index contributed by atoms with van der Waals surface area (Å²) in [4.78, 5) is 41.1. The fourth-order valence-corrected chi connectivity index (χ4v) is 5.64. The average Bonchev–Trinajstić information content (AvgIpc) is 3.53. The summed E-state index contributed by atoms with van der Waals surface area (Å²) in [7, 11) is -2.11. The standard InChI is InChI=1S/C39H51N5O7.CH4O3S/c1-24(2)35(40)38(46)41-31(21-27-13-9-8-10-14-27)37(45)42-36-30-17-16-29(23-33(30)51-43-36)49-19-11-12-20-50-32-18-15-28(22-34(32)48-7)39(47)44(25(3)4)26(5)6;1-5(2,3)4/h8-10,13-18,22-26,31,35H,11-12,19-21,40H2,1-7H3,(H,41,46)(H,42,43,45);1H3,(H,2,3,4)/t31-,35-;/m0./s1. The Morgan fingerprint density at radius 1 is 0.875 bits per heavy atom. The second-order valence-corrected chi connectivity index (χ2v) is 15.6. The van der Waals surface area contributed by atoms with Gasteiger partial charge in [0.15, 0.2) is 22.9 Å².